The van der Waals surface area contributed by atoms with Crippen molar-refractivity contribution >= 4 is 33.0 Å². The summed E-state index contributed by atoms with van der Waals surface area (Å²) in [5, 5.41) is 2.11. The van der Waals surface area contributed by atoms with Gasteiger partial charge in [0.25, 0.3) is 0 Å². The first-order chi connectivity index (χ1) is 10.2. The van der Waals surface area contributed by atoms with Gasteiger partial charge in [-0.05, 0) is 69.9 Å². The number of thiophene rings is 1. The van der Waals surface area contributed by atoms with Gasteiger partial charge in [0.05, 0.1) is 11.6 Å². The van der Waals surface area contributed by atoms with E-state index in [1.54, 1.807) is 18.4 Å². The standard InChI is InChI=1S/C17H17BrO2S/c1-20-16-6-5-11(9-14(16)18)10-15(19)12-3-2-4-17-13(12)7-8-21-17/h5-9,12H,2-4,10H2,1H3. The number of carbonyl (C=O) groups excluding carboxylic acids is 1. The highest BCUT2D eigenvalue weighted by Gasteiger charge is 2.27. The van der Waals surface area contributed by atoms with Gasteiger partial charge >= 0.3 is 0 Å². The van der Waals surface area contributed by atoms with Crippen LogP contribution >= 0.6 is 27.3 Å². The lowest BCUT2D eigenvalue weighted by Gasteiger charge is -2.21. The van der Waals surface area contributed by atoms with Gasteiger partial charge in [-0.15, -0.1) is 11.3 Å². The Labute approximate surface area is 137 Å². The quantitative estimate of drug-likeness (QED) is 0.782. The molecule has 3 rings (SSSR count). The molecule has 0 bridgehead atoms. The lowest BCUT2D eigenvalue weighted by Crippen LogP contribution is -2.19. The average molecular weight is 365 g/mol. The molecule has 1 aliphatic rings. The average Bonchev–Trinajstić information content (AvgIpc) is 2.95. The van der Waals surface area contributed by atoms with Crippen LogP contribution in [-0.4, -0.2) is 12.9 Å². The first-order valence-electron chi connectivity index (χ1n) is 7.10. The second-order valence-corrected chi connectivity index (χ2v) is 7.21. The number of methoxy groups -OCH3 is 1. The van der Waals surface area contributed by atoms with Crippen molar-refractivity contribution in [3.05, 3.63) is 50.1 Å². The summed E-state index contributed by atoms with van der Waals surface area (Å²) < 4.78 is 6.13. The van der Waals surface area contributed by atoms with Gasteiger partial charge in [0.15, 0.2) is 0 Å². The van der Waals surface area contributed by atoms with Gasteiger partial charge in [-0.25, -0.2) is 0 Å². The molecule has 0 N–H and O–H groups in total. The monoisotopic (exact) mass is 364 g/mol. The van der Waals surface area contributed by atoms with Gasteiger partial charge in [-0.3, -0.25) is 4.79 Å². The maximum absolute atomic E-state index is 12.7. The zero-order valence-corrected chi connectivity index (χ0v) is 14.3. The van der Waals surface area contributed by atoms with Crippen molar-refractivity contribution in [1.29, 1.82) is 0 Å². The summed E-state index contributed by atoms with van der Waals surface area (Å²) in [5.41, 5.74) is 2.30. The molecule has 0 saturated carbocycles. The molecule has 2 aromatic rings. The van der Waals surface area contributed by atoms with Crippen molar-refractivity contribution in [3.63, 3.8) is 0 Å². The highest BCUT2D eigenvalue weighted by atomic mass is 79.9. The molecule has 1 atom stereocenters. The summed E-state index contributed by atoms with van der Waals surface area (Å²) in [4.78, 5) is 14.1. The summed E-state index contributed by atoms with van der Waals surface area (Å²) in [6.45, 7) is 0. The molecule has 0 fully saturated rings. The van der Waals surface area contributed by atoms with Gasteiger partial charge in [0.2, 0.25) is 0 Å². The lowest BCUT2D eigenvalue weighted by atomic mass is 9.83. The van der Waals surface area contributed by atoms with Crippen LogP contribution < -0.4 is 4.74 Å². The Balaban J connectivity index is 1.77. The molecule has 4 heteroatoms. The minimum atomic E-state index is 0.0841. The van der Waals surface area contributed by atoms with Crippen molar-refractivity contribution in [2.45, 2.75) is 31.6 Å². The van der Waals surface area contributed by atoms with E-state index in [0.29, 0.717) is 12.2 Å². The number of hydrogen-bond acceptors (Lipinski definition) is 3. The summed E-state index contributed by atoms with van der Waals surface area (Å²) in [7, 11) is 1.64. The molecule has 0 amide bonds. The van der Waals surface area contributed by atoms with Crippen LogP contribution in [0.1, 0.15) is 34.8 Å². The van der Waals surface area contributed by atoms with E-state index in [1.165, 1.54) is 10.4 Å². The normalized spacial score (nSPS) is 17.3. The van der Waals surface area contributed by atoms with Gasteiger partial charge in [-0.1, -0.05) is 6.07 Å². The number of rotatable bonds is 4. The van der Waals surface area contributed by atoms with E-state index in [2.05, 4.69) is 27.4 Å². The third-order valence-electron chi connectivity index (χ3n) is 4.04. The Morgan fingerprint density at radius 3 is 3.05 bits per heavy atom. The molecular weight excluding hydrogens is 348 g/mol. The Kier molecular flexibility index (Phi) is 4.45. The van der Waals surface area contributed by atoms with Crippen molar-refractivity contribution in [2.75, 3.05) is 7.11 Å². The molecule has 1 aliphatic carbocycles. The third-order valence-corrected chi connectivity index (χ3v) is 5.65. The van der Waals surface area contributed by atoms with Crippen LogP contribution in [0.3, 0.4) is 0 Å². The second kappa shape index (κ2) is 6.32. The fourth-order valence-electron chi connectivity index (χ4n) is 2.97. The van der Waals surface area contributed by atoms with Crippen LogP contribution in [0.5, 0.6) is 5.75 Å². The molecule has 2 nitrogen and oxygen atoms in total. The topological polar surface area (TPSA) is 26.3 Å². The predicted octanol–water partition coefficient (Wildman–Crippen LogP) is 4.75. The van der Waals surface area contributed by atoms with Crippen LogP contribution in [0.2, 0.25) is 0 Å². The first-order valence-corrected chi connectivity index (χ1v) is 8.77. The largest absolute Gasteiger partial charge is 0.496 e. The van der Waals surface area contributed by atoms with Gasteiger partial charge in [0, 0.05) is 17.2 Å². The molecule has 1 heterocycles. The summed E-state index contributed by atoms with van der Waals surface area (Å²) >= 11 is 5.26. The van der Waals surface area contributed by atoms with Gasteiger partial charge in [-0.2, -0.15) is 0 Å². The van der Waals surface area contributed by atoms with Crippen LogP contribution in [0, 0.1) is 0 Å². The minimum Gasteiger partial charge on any atom is -0.496 e. The molecule has 21 heavy (non-hydrogen) atoms. The highest BCUT2D eigenvalue weighted by molar-refractivity contribution is 9.10. The maximum Gasteiger partial charge on any atom is 0.144 e. The fraction of sp³-hybridized carbons (Fsp3) is 0.353. The molecule has 0 saturated heterocycles. The molecule has 110 valence electrons. The van der Waals surface area contributed by atoms with E-state index in [1.807, 2.05) is 18.2 Å². The van der Waals surface area contributed by atoms with E-state index in [4.69, 9.17) is 4.74 Å². The third kappa shape index (κ3) is 3.06. The molecule has 0 spiro atoms. The summed E-state index contributed by atoms with van der Waals surface area (Å²) in [6, 6.07) is 7.99. The van der Waals surface area contributed by atoms with Crippen LogP contribution in [0.4, 0.5) is 0 Å². The number of ether oxygens (including phenoxy) is 1. The lowest BCUT2D eigenvalue weighted by molar-refractivity contribution is -0.120. The Morgan fingerprint density at radius 1 is 1.43 bits per heavy atom. The first kappa shape index (κ1) is 14.8. The second-order valence-electron chi connectivity index (χ2n) is 5.36. The van der Waals surface area contributed by atoms with E-state index < -0.39 is 0 Å². The van der Waals surface area contributed by atoms with Crippen molar-refractivity contribution in [1.82, 2.24) is 0 Å². The summed E-state index contributed by atoms with van der Waals surface area (Å²) in [5.74, 6) is 1.20. The molecular formula is C17H17BrO2S. The number of halogens is 1. The smallest absolute Gasteiger partial charge is 0.144 e. The maximum atomic E-state index is 12.7. The number of benzene rings is 1. The van der Waals surface area contributed by atoms with E-state index in [9.17, 15) is 4.79 Å². The number of aryl methyl sites for hydroxylation is 1. The van der Waals surface area contributed by atoms with E-state index >= 15 is 0 Å². The Bertz CT molecular complexity index is 663. The number of fused-ring (bicyclic) bond motifs is 1. The van der Waals surface area contributed by atoms with Gasteiger partial charge < -0.3 is 4.74 Å². The zero-order chi connectivity index (χ0) is 14.8. The number of carbonyl (C=O) groups is 1. The van der Waals surface area contributed by atoms with Crippen LogP contribution in [0.15, 0.2) is 34.1 Å². The van der Waals surface area contributed by atoms with Crippen molar-refractivity contribution in [3.8, 4) is 5.75 Å². The van der Waals surface area contributed by atoms with Crippen LogP contribution in [-0.2, 0) is 17.6 Å². The number of hydrogen-bond donors (Lipinski definition) is 0. The molecule has 1 aromatic heterocycles. The van der Waals surface area contributed by atoms with Gasteiger partial charge in [0.1, 0.15) is 11.5 Å². The molecule has 1 aromatic carbocycles. The minimum absolute atomic E-state index is 0.0841. The zero-order valence-electron chi connectivity index (χ0n) is 11.9. The summed E-state index contributed by atoms with van der Waals surface area (Å²) in [6.07, 6.45) is 3.73. The number of ketones is 1. The molecule has 0 aliphatic heterocycles. The van der Waals surface area contributed by atoms with Crippen molar-refractivity contribution < 1.29 is 9.53 Å². The van der Waals surface area contributed by atoms with E-state index in [-0.39, 0.29) is 5.92 Å². The fourth-order valence-corrected chi connectivity index (χ4v) is 4.54. The van der Waals surface area contributed by atoms with Crippen LogP contribution in [0.25, 0.3) is 0 Å². The van der Waals surface area contributed by atoms with Crippen molar-refractivity contribution in [2.24, 2.45) is 0 Å². The number of Topliss-reactive ketones (excluding diaryl/α,β-unsaturated/α-hetero) is 1. The molecule has 1 unspecified atom stereocenters. The van der Waals surface area contributed by atoms with E-state index in [0.717, 1.165) is 35.0 Å². The molecule has 0 radical (unpaired) electrons. The Hall–Kier alpha value is -1.13. The highest BCUT2D eigenvalue weighted by Crippen LogP contribution is 2.36. The predicted molar refractivity (Wildman–Crippen MR) is 89.4 cm³/mol. The SMILES string of the molecule is COc1ccc(CC(=O)C2CCCc3sccc32)cc1Br. The Morgan fingerprint density at radius 2 is 2.29 bits per heavy atom.